The molecular weight excluding hydrogens is 185 g/mol. The maximum atomic E-state index is 12.0. The largest absolute Gasteiger partial charge is 0.361 e. The maximum Gasteiger partial charge on any atom is 0.302 e. The van der Waals surface area contributed by atoms with Crippen molar-refractivity contribution in [2.45, 2.75) is 13.3 Å². The predicted octanol–water partition coefficient (Wildman–Crippen LogP) is 0.825. The van der Waals surface area contributed by atoms with E-state index in [1.54, 1.807) is 13.0 Å². The molecule has 0 bridgehead atoms. The van der Waals surface area contributed by atoms with Crippen LogP contribution >= 0.6 is 0 Å². The van der Waals surface area contributed by atoms with Crippen LogP contribution in [0.4, 0.5) is 3.89 Å². The van der Waals surface area contributed by atoms with Crippen molar-refractivity contribution >= 4 is 10.2 Å². The van der Waals surface area contributed by atoms with Gasteiger partial charge in [-0.25, -0.2) is 0 Å². The first-order valence-corrected chi connectivity index (χ1v) is 4.87. The first-order chi connectivity index (χ1) is 5.47. The molecule has 0 unspecified atom stereocenters. The van der Waals surface area contributed by atoms with E-state index >= 15 is 0 Å². The lowest BCUT2D eigenvalue weighted by molar-refractivity contribution is 0.382. The van der Waals surface area contributed by atoms with Crippen molar-refractivity contribution < 1.29 is 16.8 Å². The van der Waals surface area contributed by atoms with Crippen LogP contribution in [-0.4, -0.2) is 19.3 Å². The second kappa shape index (κ2) is 3.22. The lowest BCUT2D eigenvalue weighted by Crippen LogP contribution is -2.00. The first-order valence-electron chi connectivity index (χ1n) is 3.32. The quantitative estimate of drug-likeness (QED) is 0.667. The molecule has 0 N–H and O–H groups in total. The molecular formula is C6H8FNO3S. The molecule has 12 heavy (non-hydrogen) atoms. The summed E-state index contributed by atoms with van der Waals surface area (Å²) in [6.07, 6.45) is 0.0275. The topological polar surface area (TPSA) is 60.2 Å². The van der Waals surface area contributed by atoms with Crippen molar-refractivity contribution in [2.24, 2.45) is 0 Å². The molecule has 68 valence electrons. The average molecular weight is 193 g/mol. The van der Waals surface area contributed by atoms with Crippen molar-refractivity contribution in [2.75, 3.05) is 5.75 Å². The van der Waals surface area contributed by atoms with Gasteiger partial charge in [0, 0.05) is 12.5 Å². The molecule has 0 radical (unpaired) electrons. The molecule has 0 amide bonds. The highest BCUT2D eigenvalue weighted by Crippen LogP contribution is 2.05. The van der Waals surface area contributed by atoms with E-state index in [0.717, 1.165) is 0 Å². The van der Waals surface area contributed by atoms with Gasteiger partial charge < -0.3 is 4.52 Å². The molecule has 0 saturated carbocycles. The maximum absolute atomic E-state index is 12.0. The number of hydrogen-bond acceptors (Lipinski definition) is 4. The van der Waals surface area contributed by atoms with Gasteiger partial charge in [-0.3, -0.25) is 0 Å². The molecule has 0 saturated heterocycles. The smallest absolute Gasteiger partial charge is 0.302 e. The van der Waals surface area contributed by atoms with Gasteiger partial charge in [0.1, 0.15) is 5.76 Å². The molecule has 4 nitrogen and oxygen atoms in total. The van der Waals surface area contributed by atoms with Gasteiger partial charge in [-0.2, -0.15) is 8.42 Å². The first kappa shape index (κ1) is 9.18. The summed E-state index contributed by atoms with van der Waals surface area (Å²) in [5.41, 5.74) is 0.654. The zero-order chi connectivity index (χ0) is 9.19. The van der Waals surface area contributed by atoms with E-state index in [9.17, 15) is 12.3 Å². The van der Waals surface area contributed by atoms with E-state index in [4.69, 9.17) is 0 Å². The fourth-order valence-electron chi connectivity index (χ4n) is 0.757. The Balaban J connectivity index is 2.55. The molecule has 0 aliphatic carbocycles. The van der Waals surface area contributed by atoms with Crippen molar-refractivity contribution in [3.8, 4) is 0 Å². The highest BCUT2D eigenvalue weighted by Gasteiger charge is 2.09. The number of nitrogens with zero attached hydrogens (tertiary/aromatic N) is 1. The Morgan fingerprint density at radius 1 is 1.67 bits per heavy atom. The Morgan fingerprint density at radius 2 is 2.33 bits per heavy atom. The van der Waals surface area contributed by atoms with Gasteiger partial charge in [-0.05, 0) is 6.92 Å². The highest BCUT2D eigenvalue weighted by molar-refractivity contribution is 7.86. The molecule has 6 heteroatoms. The monoisotopic (exact) mass is 193 g/mol. The van der Waals surface area contributed by atoms with Crippen LogP contribution in [0.2, 0.25) is 0 Å². The Hall–Kier alpha value is -0.910. The normalized spacial score (nSPS) is 11.8. The molecule has 1 rings (SSSR count). The molecule has 1 heterocycles. The fraction of sp³-hybridized carbons (Fsp3) is 0.500. The fourth-order valence-corrected chi connectivity index (χ4v) is 1.20. The van der Waals surface area contributed by atoms with Crippen LogP contribution in [0.3, 0.4) is 0 Å². The number of hydrogen-bond donors (Lipinski definition) is 0. The summed E-state index contributed by atoms with van der Waals surface area (Å²) in [6.45, 7) is 1.71. The molecule has 1 aromatic rings. The summed E-state index contributed by atoms with van der Waals surface area (Å²) in [7, 11) is -4.40. The molecule has 0 fully saturated rings. The Labute approximate surface area is 69.6 Å². The van der Waals surface area contributed by atoms with Crippen molar-refractivity contribution in [3.63, 3.8) is 0 Å². The van der Waals surface area contributed by atoms with Gasteiger partial charge >= 0.3 is 10.2 Å². The van der Waals surface area contributed by atoms with E-state index in [1.807, 2.05) is 0 Å². The van der Waals surface area contributed by atoms with E-state index in [0.29, 0.717) is 11.5 Å². The number of rotatable bonds is 3. The van der Waals surface area contributed by atoms with E-state index in [1.165, 1.54) is 0 Å². The van der Waals surface area contributed by atoms with Gasteiger partial charge in [0.2, 0.25) is 0 Å². The van der Waals surface area contributed by atoms with Gasteiger partial charge in [0.15, 0.2) is 0 Å². The van der Waals surface area contributed by atoms with Crippen LogP contribution in [0.5, 0.6) is 0 Å². The third-order valence-electron chi connectivity index (χ3n) is 1.27. The van der Waals surface area contributed by atoms with Gasteiger partial charge in [-0.1, -0.05) is 5.16 Å². The van der Waals surface area contributed by atoms with Crippen LogP contribution in [0.1, 0.15) is 11.5 Å². The second-order valence-corrected chi connectivity index (χ2v) is 3.91. The molecule has 0 atom stereocenters. The molecule has 0 aromatic carbocycles. The molecule has 0 spiro atoms. The zero-order valence-corrected chi connectivity index (χ0v) is 7.27. The molecule has 1 aromatic heterocycles. The number of halogens is 1. The Bertz CT molecular complexity index is 357. The lowest BCUT2D eigenvalue weighted by Gasteiger charge is -1.89. The molecule has 0 aliphatic rings. The minimum Gasteiger partial charge on any atom is -0.361 e. The summed E-state index contributed by atoms with van der Waals surface area (Å²) in [6, 6.07) is 1.57. The summed E-state index contributed by atoms with van der Waals surface area (Å²) >= 11 is 0. The number of aryl methyl sites for hydroxylation is 2. The van der Waals surface area contributed by atoms with Gasteiger partial charge in [-0.15, -0.1) is 3.89 Å². The van der Waals surface area contributed by atoms with Crippen molar-refractivity contribution in [1.82, 2.24) is 5.16 Å². The van der Waals surface area contributed by atoms with E-state index in [2.05, 4.69) is 9.68 Å². The Morgan fingerprint density at radius 3 is 2.75 bits per heavy atom. The van der Waals surface area contributed by atoms with Crippen molar-refractivity contribution in [3.05, 3.63) is 17.5 Å². The van der Waals surface area contributed by atoms with E-state index < -0.39 is 16.0 Å². The third-order valence-corrected chi connectivity index (χ3v) is 1.96. The van der Waals surface area contributed by atoms with Crippen LogP contribution in [-0.2, 0) is 16.6 Å². The van der Waals surface area contributed by atoms with Crippen LogP contribution in [0.25, 0.3) is 0 Å². The molecule has 0 aliphatic heterocycles. The summed E-state index contributed by atoms with van der Waals surface area (Å²) < 4.78 is 36.8. The van der Waals surface area contributed by atoms with Gasteiger partial charge in [0.25, 0.3) is 0 Å². The third kappa shape index (κ3) is 3.00. The SMILES string of the molecule is Cc1cc(CCS(=O)(=O)F)on1. The number of aromatic nitrogens is 1. The average Bonchev–Trinajstić information content (AvgIpc) is 2.30. The minimum atomic E-state index is -4.40. The van der Waals surface area contributed by atoms with Crippen LogP contribution in [0, 0.1) is 6.92 Å². The zero-order valence-electron chi connectivity index (χ0n) is 6.45. The second-order valence-electron chi connectivity index (χ2n) is 2.43. The standard InChI is InChI=1S/C6H8FNO3S/c1-5-4-6(11-8-5)2-3-12(7,9)10/h4H,2-3H2,1H3. The minimum absolute atomic E-state index is 0.0275. The summed E-state index contributed by atoms with van der Waals surface area (Å²) in [5, 5.41) is 3.53. The van der Waals surface area contributed by atoms with Crippen molar-refractivity contribution in [1.29, 1.82) is 0 Å². The lowest BCUT2D eigenvalue weighted by atomic mass is 10.3. The predicted molar refractivity (Wildman–Crippen MR) is 39.8 cm³/mol. The summed E-state index contributed by atoms with van der Waals surface area (Å²) in [5.74, 6) is -0.171. The van der Waals surface area contributed by atoms with Crippen LogP contribution < -0.4 is 0 Å². The summed E-state index contributed by atoms with van der Waals surface area (Å²) in [4.78, 5) is 0. The van der Waals surface area contributed by atoms with Crippen LogP contribution in [0.15, 0.2) is 10.6 Å². The van der Waals surface area contributed by atoms with Gasteiger partial charge in [0.05, 0.1) is 11.4 Å². The van der Waals surface area contributed by atoms with E-state index in [-0.39, 0.29) is 6.42 Å². The highest BCUT2D eigenvalue weighted by atomic mass is 32.3. The Kier molecular flexibility index (Phi) is 2.46.